The van der Waals surface area contributed by atoms with Gasteiger partial charge in [-0.25, -0.2) is 9.97 Å². The molecule has 35 heavy (non-hydrogen) atoms. The van der Waals surface area contributed by atoms with Crippen molar-refractivity contribution in [2.75, 3.05) is 12.3 Å². The second kappa shape index (κ2) is 11.7. The van der Waals surface area contributed by atoms with Crippen molar-refractivity contribution >= 4 is 26.0 Å². The predicted molar refractivity (Wildman–Crippen MR) is 129 cm³/mol. The average molecular weight is 504 g/mol. The molecule has 2 aromatic rings. The number of carbonyl (C=O) groups is 2. The van der Waals surface area contributed by atoms with Gasteiger partial charge in [0.15, 0.2) is 0 Å². The van der Waals surface area contributed by atoms with Crippen LogP contribution in [0.15, 0.2) is 24.5 Å². The second-order valence-electron chi connectivity index (χ2n) is 9.31. The Kier molecular flexibility index (Phi) is 8.43. The molecular formula is C23H32N6O5P+. The van der Waals surface area contributed by atoms with E-state index in [-0.39, 0.29) is 29.7 Å². The number of hydrogen-bond donors (Lipinski definition) is 5. The van der Waals surface area contributed by atoms with E-state index in [0.29, 0.717) is 35.8 Å². The van der Waals surface area contributed by atoms with Crippen LogP contribution in [0.4, 0.5) is 5.95 Å². The number of nitrogens with one attached hydrogen (secondary N) is 3. The molecule has 2 aliphatic carbocycles. The van der Waals surface area contributed by atoms with Gasteiger partial charge in [0.05, 0.1) is 23.0 Å². The number of rotatable bonds is 8. The number of nitrogens with two attached hydrogens (primary N) is 1. The van der Waals surface area contributed by atoms with Gasteiger partial charge in [-0.15, -0.1) is 9.42 Å². The summed E-state index contributed by atoms with van der Waals surface area (Å²) in [5.41, 5.74) is 7.44. The highest BCUT2D eigenvalue weighted by Gasteiger charge is 2.36. The zero-order chi connectivity index (χ0) is 24.8. The zero-order valence-corrected chi connectivity index (χ0v) is 20.4. The molecule has 2 aromatic heterocycles. The van der Waals surface area contributed by atoms with Gasteiger partial charge in [-0.1, -0.05) is 12.8 Å². The van der Waals surface area contributed by atoms with Crippen LogP contribution >= 0.6 is 8.25 Å². The fourth-order valence-corrected chi connectivity index (χ4v) is 5.45. The molecule has 2 heterocycles. The molecule has 0 aliphatic heterocycles. The number of anilines is 1. The highest BCUT2D eigenvalue weighted by molar-refractivity contribution is 7.32. The average Bonchev–Trinajstić information content (AvgIpc) is 3.34. The number of H-pyrrole nitrogens is 1. The van der Waals surface area contributed by atoms with Crippen LogP contribution in [-0.4, -0.2) is 50.4 Å². The molecule has 6 N–H and O–H groups in total. The van der Waals surface area contributed by atoms with E-state index < -0.39 is 14.4 Å². The normalized spacial score (nSPS) is 25.0. The summed E-state index contributed by atoms with van der Waals surface area (Å²) < 4.78 is 16.2. The van der Waals surface area contributed by atoms with E-state index in [0.717, 1.165) is 44.9 Å². The van der Waals surface area contributed by atoms with E-state index in [9.17, 15) is 14.2 Å². The molecule has 4 rings (SSSR count). The summed E-state index contributed by atoms with van der Waals surface area (Å²) in [6.45, 7) is 0.552. The second-order valence-corrected chi connectivity index (χ2v) is 10.00. The maximum Gasteiger partial charge on any atom is 0.695 e. The van der Waals surface area contributed by atoms with Crippen molar-refractivity contribution in [3.63, 3.8) is 0 Å². The molecule has 0 saturated heterocycles. The van der Waals surface area contributed by atoms with Gasteiger partial charge in [-0.05, 0) is 56.6 Å². The fraction of sp³-hybridized carbons (Fsp3) is 0.565. The Morgan fingerprint density at radius 2 is 1.97 bits per heavy atom. The van der Waals surface area contributed by atoms with Gasteiger partial charge in [0.1, 0.15) is 6.10 Å². The fourth-order valence-electron chi connectivity index (χ4n) is 4.97. The van der Waals surface area contributed by atoms with Crippen molar-refractivity contribution in [3.8, 4) is 11.4 Å². The Bertz CT molecular complexity index is 1050. The van der Waals surface area contributed by atoms with Gasteiger partial charge in [-0.2, -0.15) is 0 Å². The van der Waals surface area contributed by atoms with Crippen LogP contribution in [0.1, 0.15) is 61.7 Å². The zero-order valence-electron chi connectivity index (χ0n) is 19.5. The molecule has 188 valence electrons. The minimum absolute atomic E-state index is 0.00800. The third-order valence-corrected chi connectivity index (χ3v) is 7.37. The smallest absolute Gasteiger partial charge is 0.368 e. The Morgan fingerprint density at radius 1 is 1.20 bits per heavy atom. The van der Waals surface area contributed by atoms with E-state index in [1.807, 2.05) is 0 Å². The van der Waals surface area contributed by atoms with Gasteiger partial charge in [0.25, 0.3) is 5.91 Å². The summed E-state index contributed by atoms with van der Waals surface area (Å²) >= 11 is 0. The number of aromatic amines is 1. The molecule has 0 radical (unpaired) electrons. The van der Waals surface area contributed by atoms with Gasteiger partial charge in [-0.3, -0.25) is 9.59 Å². The quantitative estimate of drug-likeness (QED) is 0.342. The van der Waals surface area contributed by atoms with Gasteiger partial charge in [0, 0.05) is 29.4 Å². The lowest BCUT2D eigenvalue weighted by Crippen LogP contribution is -2.48. The summed E-state index contributed by atoms with van der Waals surface area (Å²) in [5, 5.41) is 6.05. The molecule has 2 amide bonds. The maximum atomic E-state index is 12.8. The lowest BCUT2D eigenvalue weighted by atomic mass is 9.81. The first-order valence-corrected chi connectivity index (χ1v) is 13.2. The summed E-state index contributed by atoms with van der Waals surface area (Å²) in [7, 11) is -2.68. The van der Waals surface area contributed by atoms with Crippen molar-refractivity contribution in [3.05, 3.63) is 30.1 Å². The van der Waals surface area contributed by atoms with Crippen molar-refractivity contribution in [1.82, 2.24) is 25.6 Å². The molecular weight excluding hydrogens is 471 g/mol. The molecule has 2 aliphatic rings. The Hall–Kier alpha value is -2.88. The van der Waals surface area contributed by atoms with E-state index >= 15 is 0 Å². The molecule has 2 fully saturated rings. The highest BCUT2D eigenvalue weighted by Crippen LogP contribution is 2.31. The molecule has 1 unspecified atom stereocenters. The van der Waals surface area contributed by atoms with Crippen LogP contribution in [0.3, 0.4) is 0 Å². The number of carbonyl (C=O) groups excluding carboxylic acids is 2. The summed E-state index contributed by atoms with van der Waals surface area (Å²) in [6.07, 6.45) is 9.33. The molecule has 3 atom stereocenters. The minimum Gasteiger partial charge on any atom is -0.368 e. The van der Waals surface area contributed by atoms with E-state index in [1.165, 1.54) is 0 Å². The Morgan fingerprint density at radius 3 is 2.71 bits per heavy atom. The third-order valence-electron chi connectivity index (χ3n) is 6.92. The topological polar surface area (TPSA) is 172 Å². The van der Waals surface area contributed by atoms with Gasteiger partial charge < -0.3 is 21.4 Å². The Balaban J connectivity index is 1.21. The summed E-state index contributed by atoms with van der Waals surface area (Å²) in [5.74, 6) is 0.222. The van der Waals surface area contributed by atoms with Crippen LogP contribution < -0.4 is 16.4 Å². The van der Waals surface area contributed by atoms with Crippen LogP contribution in [-0.2, 0) is 13.9 Å². The summed E-state index contributed by atoms with van der Waals surface area (Å²) in [4.78, 5) is 45.6. The number of aromatic nitrogens is 3. The largest absolute Gasteiger partial charge is 0.695 e. The minimum atomic E-state index is -2.68. The molecule has 0 bridgehead atoms. The van der Waals surface area contributed by atoms with Crippen molar-refractivity contribution in [2.45, 2.75) is 63.5 Å². The maximum absolute atomic E-state index is 12.8. The van der Waals surface area contributed by atoms with Gasteiger partial charge in [0.2, 0.25) is 11.9 Å². The number of hydrogen-bond acceptors (Lipinski definition) is 7. The molecule has 2 saturated carbocycles. The van der Waals surface area contributed by atoms with Crippen LogP contribution in [0.2, 0.25) is 0 Å². The van der Waals surface area contributed by atoms with Crippen LogP contribution in [0, 0.1) is 11.8 Å². The SMILES string of the molecule is Nc1nccc(-c2cc(C(=O)NCC3CCC(C(=O)N[C@H]4CCCC[C@@H]4O[P+](=O)O)CC3)c[nH]2)n1. The van der Waals surface area contributed by atoms with Crippen LogP contribution in [0.25, 0.3) is 11.4 Å². The predicted octanol–water partition coefficient (Wildman–Crippen LogP) is 2.68. The summed E-state index contributed by atoms with van der Waals surface area (Å²) in [6, 6.07) is 3.23. The van der Waals surface area contributed by atoms with E-state index in [1.54, 1.807) is 24.5 Å². The first-order valence-electron chi connectivity index (χ1n) is 12.1. The monoisotopic (exact) mass is 503 g/mol. The number of nitrogens with zero attached hydrogens (tertiary/aromatic N) is 2. The van der Waals surface area contributed by atoms with Crippen LogP contribution in [0.5, 0.6) is 0 Å². The van der Waals surface area contributed by atoms with Crippen molar-refractivity contribution in [2.24, 2.45) is 11.8 Å². The first-order chi connectivity index (χ1) is 16.9. The molecule has 0 spiro atoms. The van der Waals surface area contributed by atoms with Crippen molar-refractivity contribution < 1.29 is 23.6 Å². The van der Waals surface area contributed by atoms with Gasteiger partial charge >= 0.3 is 8.25 Å². The Labute approximate surface area is 204 Å². The molecule has 0 aromatic carbocycles. The van der Waals surface area contributed by atoms with E-state index in [2.05, 4.69) is 25.6 Å². The number of amides is 2. The highest BCUT2D eigenvalue weighted by atomic mass is 31.1. The molecule has 11 nitrogen and oxygen atoms in total. The van der Waals surface area contributed by atoms with Crippen molar-refractivity contribution in [1.29, 1.82) is 0 Å². The third kappa shape index (κ3) is 6.84. The lowest BCUT2D eigenvalue weighted by Gasteiger charge is -2.32. The molecule has 12 heteroatoms. The first kappa shape index (κ1) is 25.2. The lowest BCUT2D eigenvalue weighted by molar-refractivity contribution is -0.128. The standard InChI is InChI=1S/C23H31N6O5P/c24-23-25-10-9-17(29-23)19-11-16(13-26-19)21(30)27-12-14-5-7-15(8-6-14)22(31)28-18-3-1-2-4-20(18)34-35(32)33/h9-11,13-15,18,20H,1-8,12H2,(H5-,24,25,26,27,28,29,30,31,32,33)/p+1/t14?,15?,18-,20-/m0/s1. The number of nitrogen functional groups attached to an aromatic ring is 1. The van der Waals surface area contributed by atoms with E-state index in [4.69, 9.17) is 15.2 Å².